The lowest BCUT2D eigenvalue weighted by molar-refractivity contribution is 0.0755. The molecule has 0 N–H and O–H groups in total. The molecule has 1 fully saturated rings. The van der Waals surface area contributed by atoms with Crippen molar-refractivity contribution in [2.45, 2.75) is 36.3 Å². The van der Waals surface area contributed by atoms with Crippen molar-refractivity contribution in [1.82, 2.24) is 9.88 Å². The number of carbonyl (C=O) groups excluding carboxylic acids is 1. The van der Waals surface area contributed by atoms with Gasteiger partial charge in [-0.3, -0.25) is 4.79 Å². The second-order valence-corrected chi connectivity index (χ2v) is 7.86. The van der Waals surface area contributed by atoms with Gasteiger partial charge in [0.25, 0.3) is 5.91 Å². The van der Waals surface area contributed by atoms with E-state index >= 15 is 0 Å². The fourth-order valence-electron chi connectivity index (χ4n) is 2.88. The number of thioether (sulfide) groups is 1. The zero-order valence-electron chi connectivity index (χ0n) is 13.9. The Bertz CT molecular complexity index is 726. The largest absolute Gasteiger partial charge is 0.337 e. The summed E-state index contributed by atoms with van der Waals surface area (Å²) in [6.07, 6.45) is 4.55. The Morgan fingerprint density at radius 1 is 1.00 bits per heavy atom. The minimum Gasteiger partial charge on any atom is -0.337 e. The third kappa shape index (κ3) is 4.90. The maximum absolute atomic E-state index is 12.7. The van der Waals surface area contributed by atoms with Gasteiger partial charge in [-0.25, -0.2) is 4.98 Å². The molecule has 0 aliphatic carbocycles. The Balaban J connectivity index is 1.70. The topological polar surface area (TPSA) is 33.2 Å². The third-order valence-electron chi connectivity index (χ3n) is 4.20. The minimum absolute atomic E-state index is 0.0320. The van der Waals surface area contributed by atoms with E-state index in [4.69, 9.17) is 23.2 Å². The number of carbonyl (C=O) groups is 1. The SMILES string of the molecule is O=C(c1cccc(CSc2c(Cl)cccc2Cl)n1)N1CCCCCC1. The molecule has 2 heterocycles. The zero-order valence-corrected chi connectivity index (χ0v) is 16.2. The summed E-state index contributed by atoms with van der Waals surface area (Å²) in [6, 6.07) is 11.1. The van der Waals surface area contributed by atoms with Crippen LogP contribution in [0.5, 0.6) is 0 Å². The molecule has 0 saturated carbocycles. The Morgan fingerprint density at radius 2 is 1.64 bits per heavy atom. The van der Waals surface area contributed by atoms with Crippen molar-refractivity contribution < 1.29 is 4.79 Å². The lowest BCUT2D eigenvalue weighted by Gasteiger charge is -2.20. The van der Waals surface area contributed by atoms with Crippen molar-refractivity contribution >= 4 is 40.9 Å². The number of likely N-dealkylation sites (tertiary alicyclic amines) is 1. The highest BCUT2D eigenvalue weighted by molar-refractivity contribution is 7.98. The summed E-state index contributed by atoms with van der Waals surface area (Å²) < 4.78 is 0. The highest BCUT2D eigenvalue weighted by Gasteiger charge is 2.18. The number of amides is 1. The van der Waals surface area contributed by atoms with E-state index < -0.39 is 0 Å². The van der Waals surface area contributed by atoms with E-state index in [2.05, 4.69) is 4.98 Å². The van der Waals surface area contributed by atoms with Gasteiger partial charge in [-0.05, 0) is 37.1 Å². The van der Waals surface area contributed by atoms with E-state index in [0.29, 0.717) is 21.5 Å². The number of aromatic nitrogens is 1. The van der Waals surface area contributed by atoms with E-state index in [9.17, 15) is 4.79 Å². The van der Waals surface area contributed by atoms with Gasteiger partial charge in [-0.1, -0.05) is 48.2 Å². The van der Waals surface area contributed by atoms with E-state index in [1.807, 2.05) is 35.2 Å². The number of hydrogen-bond donors (Lipinski definition) is 0. The monoisotopic (exact) mass is 394 g/mol. The first-order chi connectivity index (χ1) is 12.1. The smallest absolute Gasteiger partial charge is 0.272 e. The molecular formula is C19H20Cl2N2OS. The number of halogens is 2. The summed E-state index contributed by atoms with van der Waals surface area (Å²) in [7, 11) is 0. The van der Waals surface area contributed by atoms with Gasteiger partial charge >= 0.3 is 0 Å². The zero-order chi connectivity index (χ0) is 17.6. The molecule has 1 aliphatic rings. The average molecular weight is 395 g/mol. The normalized spacial score (nSPS) is 15.0. The van der Waals surface area contributed by atoms with Crippen molar-refractivity contribution in [2.75, 3.05) is 13.1 Å². The van der Waals surface area contributed by atoms with Crippen LogP contribution in [0.4, 0.5) is 0 Å². The van der Waals surface area contributed by atoms with Gasteiger partial charge in [0.2, 0.25) is 0 Å². The van der Waals surface area contributed by atoms with Gasteiger partial charge in [0, 0.05) is 23.7 Å². The van der Waals surface area contributed by atoms with Crippen molar-refractivity contribution in [3.8, 4) is 0 Å². The molecule has 2 aromatic rings. The molecule has 0 atom stereocenters. The van der Waals surface area contributed by atoms with Gasteiger partial charge in [0.1, 0.15) is 5.69 Å². The van der Waals surface area contributed by atoms with E-state index in [0.717, 1.165) is 36.5 Å². The number of benzene rings is 1. The number of nitrogens with zero attached hydrogens (tertiary/aromatic N) is 2. The first-order valence-corrected chi connectivity index (χ1v) is 10.2. The van der Waals surface area contributed by atoms with Crippen LogP contribution in [-0.2, 0) is 5.75 Å². The van der Waals surface area contributed by atoms with Gasteiger partial charge in [0.15, 0.2) is 0 Å². The van der Waals surface area contributed by atoms with Crippen LogP contribution in [0.2, 0.25) is 10.0 Å². The summed E-state index contributed by atoms with van der Waals surface area (Å²) in [5, 5.41) is 1.27. The molecule has 25 heavy (non-hydrogen) atoms. The van der Waals surface area contributed by atoms with Crippen LogP contribution >= 0.6 is 35.0 Å². The van der Waals surface area contributed by atoms with Gasteiger partial charge in [-0.15, -0.1) is 11.8 Å². The van der Waals surface area contributed by atoms with Crippen molar-refractivity contribution in [2.24, 2.45) is 0 Å². The van der Waals surface area contributed by atoms with Crippen LogP contribution in [0, 0.1) is 0 Å². The molecule has 1 aliphatic heterocycles. The van der Waals surface area contributed by atoms with Crippen molar-refractivity contribution in [3.63, 3.8) is 0 Å². The van der Waals surface area contributed by atoms with E-state index in [-0.39, 0.29) is 5.91 Å². The maximum Gasteiger partial charge on any atom is 0.272 e. The van der Waals surface area contributed by atoms with Crippen molar-refractivity contribution in [3.05, 3.63) is 57.8 Å². The van der Waals surface area contributed by atoms with Crippen LogP contribution in [0.3, 0.4) is 0 Å². The lowest BCUT2D eigenvalue weighted by atomic mass is 10.2. The van der Waals surface area contributed by atoms with Crippen LogP contribution in [0.15, 0.2) is 41.3 Å². The molecule has 1 aromatic carbocycles. The molecule has 6 heteroatoms. The second kappa shape index (κ2) is 8.93. The highest BCUT2D eigenvalue weighted by Crippen LogP contribution is 2.35. The minimum atomic E-state index is 0.0320. The first-order valence-electron chi connectivity index (χ1n) is 8.47. The van der Waals surface area contributed by atoms with E-state index in [1.165, 1.54) is 24.6 Å². The molecule has 0 bridgehead atoms. The summed E-state index contributed by atoms with van der Waals surface area (Å²) in [5.74, 6) is 0.648. The van der Waals surface area contributed by atoms with Crippen LogP contribution in [0.25, 0.3) is 0 Å². The third-order valence-corrected chi connectivity index (χ3v) is 6.23. The molecule has 132 valence electrons. The fraction of sp³-hybridized carbons (Fsp3) is 0.368. The van der Waals surface area contributed by atoms with Crippen LogP contribution in [0.1, 0.15) is 41.9 Å². The Morgan fingerprint density at radius 3 is 2.32 bits per heavy atom. The predicted octanol–water partition coefficient (Wildman–Crippen LogP) is 5.70. The van der Waals surface area contributed by atoms with Crippen molar-refractivity contribution in [1.29, 1.82) is 0 Å². The number of rotatable bonds is 4. The van der Waals surface area contributed by atoms with Gasteiger partial charge in [-0.2, -0.15) is 0 Å². The van der Waals surface area contributed by atoms with Crippen LogP contribution < -0.4 is 0 Å². The molecule has 1 saturated heterocycles. The average Bonchev–Trinajstić information content (AvgIpc) is 2.90. The maximum atomic E-state index is 12.7. The molecule has 1 aromatic heterocycles. The predicted molar refractivity (Wildman–Crippen MR) is 105 cm³/mol. The Hall–Kier alpha value is -1.23. The summed E-state index contributed by atoms with van der Waals surface area (Å²) in [6.45, 7) is 1.66. The molecule has 0 spiro atoms. The lowest BCUT2D eigenvalue weighted by Crippen LogP contribution is -2.32. The van der Waals surface area contributed by atoms with Gasteiger partial charge < -0.3 is 4.90 Å². The summed E-state index contributed by atoms with van der Waals surface area (Å²) in [5.41, 5.74) is 1.37. The summed E-state index contributed by atoms with van der Waals surface area (Å²) >= 11 is 14.0. The fourth-order valence-corrected chi connectivity index (χ4v) is 4.47. The highest BCUT2D eigenvalue weighted by atomic mass is 35.5. The molecule has 1 amide bonds. The molecule has 0 radical (unpaired) electrons. The van der Waals surface area contributed by atoms with E-state index in [1.54, 1.807) is 6.07 Å². The Kier molecular flexibility index (Phi) is 6.63. The molecule has 3 rings (SSSR count). The quantitative estimate of drug-likeness (QED) is 0.623. The first kappa shape index (κ1) is 18.6. The van der Waals surface area contributed by atoms with Gasteiger partial charge in [0.05, 0.1) is 15.7 Å². The standard InChI is InChI=1S/C19H20Cl2N2OS/c20-15-8-6-9-16(21)18(15)25-13-14-7-5-10-17(22-14)19(24)23-11-3-1-2-4-12-23/h5-10H,1-4,11-13H2. The molecule has 3 nitrogen and oxygen atoms in total. The summed E-state index contributed by atoms with van der Waals surface area (Å²) in [4.78, 5) is 20.0. The molecular weight excluding hydrogens is 375 g/mol. The number of hydrogen-bond acceptors (Lipinski definition) is 3. The number of pyridine rings is 1. The molecule has 0 unspecified atom stereocenters. The van der Waals surface area contributed by atoms with Crippen LogP contribution in [-0.4, -0.2) is 28.9 Å². The Labute approximate surface area is 162 Å². The second-order valence-electron chi connectivity index (χ2n) is 6.06.